The summed E-state index contributed by atoms with van der Waals surface area (Å²) in [6.07, 6.45) is -2.08. The van der Waals surface area contributed by atoms with Gasteiger partial charge in [0.15, 0.2) is 0 Å². The summed E-state index contributed by atoms with van der Waals surface area (Å²) < 4.78 is 32.4. The van der Waals surface area contributed by atoms with Gasteiger partial charge in [0.1, 0.15) is 36.5 Å². The van der Waals surface area contributed by atoms with Gasteiger partial charge < -0.3 is 23.7 Å². The highest BCUT2D eigenvalue weighted by Crippen LogP contribution is 2.35. The zero-order chi connectivity index (χ0) is 30.6. The van der Waals surface area contributed by atoms with E-state index in [9.17, 15) is 4.79 Å². The fraction of sp³-hybridized carbons (Fsp3) is 0.324. The number of benzene rings is 4. The first-order chi connectivity index (χ1) is 21.6. The van der Waals surface area contributed by atoms with Crippen LogP contribution in [-0.4, -0.2) is 48.2 Å². The molecule has 6 nitrogen and oxygen atoms in total. The Morgan fingerprint density at radius 3 is 1.64 bits per heavy atom. The van der Waals surface area contributed by atoms with Crippen molar-refractivity contribution in [3.63, 3.8) is 0 Å². The van der Waals surface area contributed by atoms with Gasteiger partial charge in [-0.3, -0.25) is 0 Å². The van der Waals surface area contributed by atoms with Crippen molar-refractivity contribution in [2.24, 2.45) is 0 Å². The highest BCUT2D eigenvalue weighted by Gasteiger charge is 2.49. The van der Waals surface area contributed by atoms with E-state index < -0.39 is 30.4 Å². The topological polar surface area (TPSA) is 63.2 Å². The van der Waals surface area contributed by atoms with Crippen LogP contribution in [-0.2, 0) is 43.5 Å². The van der Waals surface area contributed by atoms with Gasteiger partial charge in [0.2, 0.25) is 0 Å². The van der Waals surface area contributed by atoms with Crippen molar-refractivity contribution in [2.75, 3.05) is 12.4 Å². The second-order valence-electron chi connectivity index (χ2n) is 10.7. The third-order valence-electron chi connectivity index (χ3n) is 7.44. The van der Waals surface area contributed by atoms with Gasteiger partial charge in [-0.05, 0) is 41.5 Å². The Kier molecular flexibility index (Phi) is 12.0. The summed E-state index contributed by atoms with van der Waals surface area (Å²) in [4.78, 5) is 13.0. The van der Waals surface area contributed by atoms with E-state index in [4.69, 9.17) is 23.7 Å². The summed E-state index contributed by atoms with van der Waals surface area (Å²) in [5.74, 6) is 0.409. The van der Waals surface area contributed by atoms with Crippen LogP contribution in [0.15, 0.2) is 115 Å². The van der Waals surface area contributed by atoms with Gasteiger partial charge in [0.05, 0.1) is 25.4 Å². The number of carbonyl (C=O) groups excluding carboxylic acids is 1. The number of hydrogen-bond donors (Lipinski definition) is 0. The molecule has 1 heterocycles. The lowest BCUT2D eigenvalue weighted by Crippen LogP contribution is -2.60. The summed E-state index contributed by atoms with van der Waals surface area (Å²) in [7, 11) is 0. The first-order valence-corrected chi connectivity index (χ1v) is 16.1. The fourth-order valence-electron chi connectivity index (χ4n) is 5.11. The molecule has 0 bridgehead atoms. The maximum atomic E-state index is 13.0. The standard InChI is InChI=1S/C37H40O6S/c1-3-44-37-35(41-25-30-17-11-6-12-18-30)34(40-24-29-15-9-5-10-16-29)33(39-23-28-13-7-4-8-14-28)32(43-37)26-42-36(38)31-21-19-27(2)20-22-31/h4-22,32-35,37H,3,23-26H2,1-2H3/t32-,33-,34+,35+,37-/m1/s1. The van der Waals surface area contributed by atoms with E-state index in [0.717, 1.165) is 28.0 Å². The zero-order valence-electron chi connectivity index (χ0n) is 25.2. The van der Waals surface area contributed by atoms with E-state index in [2.05, 4.69) is 6.92 Å². The largest absolute Gasteiger partial charge is 0.459 e. The van der Waals surface area contributed by atoms with Gasteiger partial charge in [0.25, 0.3) is 0 Å². The predicted molar refractivity (Wildman–Crippen MR) is 173 cm³/mol. The molecule has 4 aromatic rings. The molecule has 4 aromatic carbocycles. The first-order valence-electron chi connectivity index (χ1n) is 15.1. The lowest BCUT2D eigenvalue weighted by molar-refractivity contribution is -0.251. The minimum Gasteiger partial charge on any atom is -0.459 e. The number of ether oxygens (including phenoxy) is 5. The van der Waals surface area contributed by atoms with E-state index in [1.165, 1.54) is 0 Å². The van der Waals surface area contributed by atoms with Crippen LogP contribution < -0.4 is 0 Å². The Balaban J connectivity index is 1.42. The van der Waals surface area contributed by atoms with Crippen LogP contribution in [0.1, 0.15) is 39.5 Å². The number of esters is 1. The van der Waals surface area contributed by atoms with Gasteiger partial charge in [-0.15, -0.1) is 11.8 Å². The minimum atomic E-state index is -0.575. The molecule has 1 aliphatic heterocycles. The van der Waals surface area contributed by atoms with E-state index in [-0.39, 0.29) is 12.0 Å². The van der Waals surface area contributed by atoms with Crippen LogP contribution >= 0.6 is 11.8 Å². The molecule has 0 aromatic heterocycles. The molecule has 0 amide bonds. The Morgan fingerprint density at radius 2 is 1.14 bits per heavy atom. The summed E-state index contributed by atoms with van der Waals surface area (Å²) >= 11 is 1.65. The van der Waals surface area contributed by atoms with Crippen molar-refractivity contribution in [2.45, 2.75) is 63.5 Å². The fourth-order valence-corrected chi connectivity index (χ4v) is 6.08. The molecule has 0 spiro atoms. The van der Waals surface area contributed by atoms with Crippen molar-refractivity contribution in [3.05, 3.63) is 143 Å². The molecule has 44 heavy (non-hydrogen) atoms. The summed E-state index contributed by atoms with van der Waals surface area (Å²) in [5.41, 5.74) is 4.34. The maximum absolute atomic E-state index is 13.0. The van der Waals surface area contributed by atoms with E-state index in [1.807, 2.05) is 110 Å². The number of rotatable bonds is 14. The normalized spacial score (nSPS) is 21.5. The molecule has 1 fully saturated rings. The van der Waals surface area contributed by atoms with Crippen LogP contribution in [0, 0.1) is 6.92 Å². The average Bonchev–Trinajstić information content (AvgIpc) is 3.07. The lowest BCUT2D eigenvalue weighted by Gasteiger charge is -2.45. The monoisotopic (exact) mass is 612 g/mol. The van der Waals surface area contributed by atoms with Gasteiger partial charge in [-0.25, -0.2) is 4.79 Å². The number of aryl methyl sites for hydroxylation is 1. The van der Waals surface area contributed by atoms with E-state index >= 15 is 0 Å². The molecular weight excluding hydrogens is 572 g/mol. The SMILES string of the molecule is CCS[C@H]1O[C@H](COC(=O)c2ccc(C)cc2)[C@@H](OCc2ccccc2)[C@H](OCc2ccccc2)[C@@H]1OCc1ccccc1. The quantitative estimate of drug-likeness (QED) is 0.138. The van der Waals surface area contributed by atoms with Crippen molar-refractivity contribution < 1.29 is 28.5 Å². The highest BCUT2D eigenvalue weighted by atomic mass is 32.2. The molecule has 1 aliphatic rings. The lowest BCUT2D eigenvalue weighted by atomic mass is 9.98. The zero-order valence-corrected chi connectivity index (χ0v) is 26.1. The first kappa shape index (κ1) is 31.9. The van der Waals surface area contributed by atoms with E-state index in [0.29, 0.717) is 25.4 Å². The molecule has 0 radical (unpaired) electrons. The van der Waals surface area contributed by atoms with Crippen LogP contribution in [0.2, 0.25) is 0 Å². The molecule has 1 saturated heterocycles. The molecule has 5 atom stereocenters. The number of carbonyl (C=O) groups is 1. The van der Waals surface area contributed by atoms with Gasteiger partial charge in [0, 0.05) is 0 Å². The molecule has 0 unspecified atom stereocenters. The van der Waals surface area contributed by atoms with Crippen LogP contribution in [0.25, 0.3) is 0 Å². The second kappa shape index (κ2) is 16.6. The maximum Gasteiger partial charge on any atom is 0.338 e. The number of hydrogen-bond acceptors (Lipinski definition) is 7. The van der Waals surface area contributed by atoms with Crippen molar-refractivity contribution in [1.29, 1.82) is 0 Å². The molecule has 5 rings (SSSR count). The molecule has 230 valence electrons. The van der Waals surface area contributed by atoms with Gasteiger partial charge in [-0.2, -0.15) is 0 Å². The van der Waals surface area contributed by atoms with E-state index in [1.54, 1.807) is 23.9 Å². The third-order valence-corrected chi connectivity index (χ3v) is 8.49. The highest BCUT2D eigenvalue weighted by molar-refractivity contribution is 7.99. The molecule has 0 saturated carbocycles. The van der Waals surface area contributed by atoms with Crippen molar-refractivity contribution >= 4 is 17.7 Å². The molecule has 7 heteroatoms. The Labute approximate surface area is 264 Å². The van der Waals surface area contributed by atoms with Crippen LogP contribution in [0.4, 0.5) is 0 Å². The molecule has 0 N–H and O–H groups in total. The summed E-state index contributed by atoms with van der Waals surface area (Å²) in [6.45, 7) is 5.22. The van der Waals surface area contributed by atoms with Crippen LogP contribution in [0.5, 0.6) is 0 Å². The Morgan fingerprint density at radius 1 is 0.659 bits per heavy atom. The number of thioether (sulfide) groups is 1. The summed E-state index contributed by atoms with van der Waals surface area (Å²) in [6, 6.07) is 37.5. The molecule has 0 aliphatic carbocycles. The average molecular weight is 613 g/mol. The molecular formula is C37H40O6S. The Bertz CT molecular complexity index is 1400. The van der Waals surface area contributed by atoms with Crippen molar-refractivity contribution in [1.82, 2.24) is 0 Å². The predicted octanol–water partition coefficient (Wildman–Crippen LogP) is 7.39. The van der Waals surface area contributed by atoms with Gasteiger partial charge in [-0.1, -0.05) is 116 Å². The Hall–Kier alpha value is -3.46. The second-order valence-corrected chi connectivity index (χ2v) is 12.1. The van der Waals surface area contributed by atoms with Crippen molar-refractivity contribution in [3.8, 4) is 0 Å². The minimum absolute atomic E-state index is 0.0174. The smallest absolute Gasteiger partial charge is 0.338 e. The van der Waals surface area contributed by atoms with Gasteiger partial charge >= 0.3 is 5.97 Å². The third kappa shape index (κ3) is 9.03. The summed E-state index contributed by atoms with van der Waals surface area (Å²) in [5, 5.41) is 0. The van der Waals surface area contributed by atoms with Crippen LogP contribution in [0.3, 0.4) is 0 Å².